The molecule has 1 unspecified atom stereocenters. The van der Waals surface area contributed by atoms with Gasteiger partial charge in [0, 0.05) is 18.7 Å². The van der Waals surface area contributed by atoms with Gasteiger partial charge in [0.05, 0.1) is 11.5 Å². The second-order valence-electron chi connectivity index (χ2n) is 3.75. The zero-order chi connectivity index (χ0) is 14.6. The van der Waals surface area contributed by atoms with Crippen molar-refractivity contribution >= 4 is 32.0 Å². The second kappa shape index (κ2) is 6.28. The summed E-state index contributed by atoms with van der Waals surface area (Å²) in [6.07, 6.45) is 0. The van der Waals surface area contributed by atoms with Crippen molar-refractivity contribution in [3.05, 3.63) is 16.2 Å². The number of nitrogen functional groups attached to an aromatic ring is 1. The van der Waals surface area contributed by atoms with Gasteiger partial charge >= 0.3 is 5.69 Å². The number of thiophene rings is 1. The van der Waals surface area contributed by atoms with Crippen LogP contribution in [0.2, 0.25) is 0 Å². The Bertz CT molecular complexity index is 554. The van der Waals surface area contributed by atoms with Crippen molar-refractivity contribution < 1.29 is 18.1 Å². The van der Waals surface area contributed by atoms with E-state index in [4.69, 9.17) is 10.5 Å². The molecule has 19 heavy (non-hydrogen) atoms. The predicted molar refractivity (Wildman–Crippen MR) is 71.7 cm³/mol. The molecule has 8 nitrogen and oxygen atoms in total. The van der Waals surface area contributed by atoms with Gasteiger partial charge in [-0.15, -0.1) is 0 Å². The number of hydrogen-bond donors (Lipinski definition) is 2. The molecule has 1 aromatic rings. The van der Waals surface area contributed by atoms with Crippen LogP contribution in [0.25, 0.3) is 0 Å². The fourth-order valence-electron chi connectivity index (χ4n) is 1.30. The summed E-state index contributed by atoms with van der Waals surface area (Å²) in [4.78, 5) is 9.91. The molecular formula is C9H15N3O5S2. The lowest BCUT2D eigenvalue weighted by molar-refractivity contribution is -0.383. The van der Waals surface area contributed by atoms with Crippen LogP contribution in [-0.2, 0) is 14.8 Å². The Kier molecular flexibility index (Phi) is 5.23. The van der Waals surface area contributed by atoms with E-state index in [0.29, 0.717) is 17.9 Å². The van der Waals surface area contributed by atoms with Crippen molar-refractivity contribution in [3.8, 4) is 0 Å². The molecule has 1 rings (SSSR count). The van der Waals surface area contributed by atoms with Gasteiger partial charge in [-0.05, 0) is 13.8 Å². The van der Waals surface area contributed by atoms with Crippen molar-refractivity contribution in [2.45, 2.75) is 24.1 Å². The van der Waals surface area contributed by atoms with E-state index in [0.717, 1.165) is 6.07 Å². The van der Waals surface area contributed by atoms with Crippen LogP contribution < -0.4 is 10.5 Å². The minimum atomic E-state index is -3.82. The molecule has 0 fully saturated rings. The number of sulfonamides is 1. The molecule has 1 heterocycles. The number of rotatable bonds is 7. The molecule has 0 aliphatic rings. The summed E-state index contributed by atoms with van der Waals surface area (Å²) in [5.74, 6) is 0. The van der Waals surface area contributed by atoms with Gasteiger partial charge in [-0.3, -0.25) is 10.1 Å². The fraction of sp³-hybridized carbons (Fsp3) is 0.556. The number of anilines is 1. The zero-order valence-electron chi connectivity index (χ0n) is 10.5. The summed E-state index contributed by atoms with van der Waals surface area (Å²) in [6.45, 7) is 4.13. The van der Waals surface area contributed by atoms with Crippen LogP contribution in [0, 0.1) is 10.1 Å². The lowest BCUT2D eigenvalue weighted by Gasteiger charge is -2.12. The number of nitrogens with two attached hydrogens (primary N) is 1. The smallest absolute Gasteiger partial charge is 0.304 e. The Balaban J connectivity index is 2.89. The SMILES string of the molecule is CCOCC(C)NS(=O)(=O)c1cc([N+](=O)[O-])c(N)s1. The van der Waals surface area contributed by atoms with Crippen LogP contribution in [0.1, 0.15) is 13.8 Å². The van der Waals surface area contributed by atoms with E-state index in [1.807, 2.05) is 0 Å². The predicted octanol–water partition coefficient (Wildman–Crippen LogP) is 0.942. The summed E-state index contributed by atoms with van der Waals surface area (Å²) in [5.41, 5.74) is 5.01. The van der Waals surface area contributed by atoms with E-state index in [9.17, 15) is 18.5 Å². The normalized spacial score (nSPS) is 13.4. The quantitative estimate of drug-likeness (QED) is 0.570. The van der Waals surface area contributed by atoms with Gasteiger partial charge in [0.1, 0.15) is 4.21 Å². The topological polar surface area (TPSA) is 125 Å². The van der Waals surface area contributed by atoms with Gasteiger partial charge in [-0.1, -0.05) is 11.3 Å². The molecule has 0 amide bonds. The highest BCUT2D eigenvalue weighted by molar-refractivity contribution is 7.91. The lowest BCUT2D eigenvalue weighted by Crippen LogP contribution is -2.35. The maximum Gasteiger partial charge on any atom is 0.304 e. The first kappa shape index (κ1) is 15.8. The van der Waals surface area contributed by atoms with Crippen molar-refractivity contribution in [1.82, 2.24) is 4.72 Å². The minimum absolute atomic E-state index is 0.136. The standard InChI is InChI=1S/C9H15N3O5S2/c1-3-17-5-6(2)11-19(15,16)8-4-7(12(13)14)9(10)18-8/h4,6,11H,3,5,10H2,1-2H3. The molecule has 0 spiro atoms. The minimum Gasteiger partial charge on any atom is -0.385 e. The number of nitrogens with zero attached hydrogens (tertiary/aromatic N) is 1. The van der Waals surface area contributed by atoms with Crippen molar-refractivity contribution in [2.75, 3.05) is 18.9 Å². The third-order valence-electron chi connectivity index (χ3n) is 2.11. The number of hydrogen-bond acceptors (Lipinski definition) is 7. The first-order chi connectivity index (χ1) is 8.77. The average molecular weight is 309 g/mol. The highest BCUT2D eigenvalue weighted by Gasteiger charge is 2.25. The molecule has 1 aromatic heterocycles. The van der Waals surface area contributed by atoms with Crippen LogP contribution in [0.15, 0.2) is 10.3 Å². The summed E-state index contributed by atoms with van der Waals surface area (Å²) < 4.78 is 31.2. The van der Waals surface area contributed by atoms with Gasteiger partial charge in [0.15, 0.2) is 5.00 Å². The molecule has 0 aromatic carbocycles. The largest absolute Gasteiger partial charge is 0.385 e. The van der Waals surface area contributed by atoms with E-state index in [1.54, 1.807) is 13.8 Å². The molecule has 3 N–H and O–H groups in total. The maximum atomic E-state index is 12.0. The first-order valence-corrected chi connectivity index (χ1v) is 7.71. The highest BCUT2D eigenvalue weighted by Crippen LogP contribution is 2.34. The Morgan fingerprint density at radius 3 is 2.74 bits per heavy atom. The Labute approximate surface area is 114 Å². The third-order valence-corrected chi connectivity index (χ3v) is 5.12. The molecule has 0 bridgehead atoms. The van der Waals surface area contributed by atoms with Crippen LogP contribution in [0.5, 0.6) is 0 Å². The molecule has 0 saturated heterocycles. The summed E-state index contributed by atoms with van der Waals surface area (Å²) >= 11 is 0.660. The molecule has 1 atom stereocenters. The fourth-order valence-corrected chi connectivity index (χ4v) is 3.76. The van der Waals surface area contributed by atoms with Crippen LogP contribution >= 0.6 is 11.3 Å². The van der Waals surface area contributed by atoms with E-state index in [2.05, 4.69) is 4.72 Å². The summed E-state index contributed by atoms with van der Waals surface area (Å²) in [7, 11) is -3.82. The number of ether oxygens (including phenoxy) is 1. The Hall–Kier alpha value is -1.23. The highest BCUT2D eigenvalue weighted by atomic mass is 32.2. The summed E-state index contributed by atoms with van der Waals surface area (Å²) in [5, 5.41) is 10.5. The Morgan fingerprint density at radius 2 is 2.26 bits per heavy atom. The number of nitro groups is 1. The van der Waals surface area contributed by atoms with Crippen molar-refractivity contribution in [1.29, 1.82) is 0 Å². The monoisotopic (exact) mass is 309 g/mol. The van der Waals surface area contributed by atoms with Gasteiger partial charge in [-0.25, -0.2) is 13.1 Å². The lowest BCUT2D eigenvalue weighted by atomic mass is 10.4. The van der Waals surface area contributed by atoms with Gasteiger partial charge in [0.2, 0.25) is 0 Å². The number of nitrogens with one attached hydrogen (secondary N) is 1. The van der Waals surface area contributed by atoms with Crippen LogP contribution in [0.3, 0.4) is 0 Å². The zero-order valence-corrected chi connectivity index (χ0v) is 12.1. The maximum absolute atomic E-state index is 12.0. The molecule has 10 heteroatoms. The molecule has 0 radical (unpaired) electrons. The van der Waals surface area contributed by atoms with Crippen LogP contribution in [-0.4, -0.2) is 32.6 Å². The van der Waals surface area contributed by atoms with E-state index < -0.39 is 26.7 Å². The van der Waals surface area contributed by atoms with Gasteiger partial charge in [0.25, 0.3) is 10.0 Å². The van der Waals surface area contributed by atoms with Crippen LogP contribution in [0.4, 0.5) is 10.7 Å². The van der Waals surface area contributed by atoms with E-state index in [1.165, 1.54) is 0 Å². The average Bonchev–Trinajstić information content (AvgIpc) is 2.69. The van der Waals surface area contributed by atoms with E-state index in [-0.39, 0.29) is 15.8 Å². The van der Waals surface area contributed by atoms with Crippen molar-refractivity contribution in [2.24, 2.45) is 0 Å². The molecule has 0 saturated carbocycles. The third kappa shape index (κ3) is 4.13. The van der Waals surface area contributed by atoms with Crippen molar-refractivity contribution in [3.63, 3.8) is 0 Å². The first-order valence-electron chi connectivity index (χ1n) is 5.41. The van der Waals surface area contributed by atoms with Gasteiger partial charge in [-0.2, -0.15) is 0 Å². The Morgan fingerprint density at radius 1 is 1.63 bits per heavy atom. The molecular weight excluding hydrogens is 294 g/mol. The molecule has 0 aliphatic heterocycles. The van der Waals surface area contributed by atoms with Gasteiger partial charge < -0.3 is 10.5 Å². The van der Waals surface area contributed by atoms with E-state index >= 15 is 0 Å². The summed E-state index contributed by atoms with van der Waals surface area (Å²) in [6, 6.07) is 0.516. The second-order valence-corrected chi connectivity index (χ2v) is 6.78. The molecule has 0 aliphatic carbocycles. The molecule has 108 valence electrons.